The van der Waals surface area contributed by atoms with E-state index in [1.807, 2.05) is 11.3 Å². The highest BCUT2D eigenvalue weighted by molar-refractivity contribution is 7.26. The van der Waals surface area contributed by atoms with Crippen LogP contribution in [-0.4, -0.2) is 4.57 Å². The second-order valence-electron chi connectivity index (χ2n) is 17.4. The smallest absolute Gasteiger partial charge is 0.0619 e. The largest absolute Gasteiger partial charge is 0.309 e. The van der Waals surface area contributed by atoms with Crippen LogP contribution in [0.4, 0.5) is 0 Å². The molecule has 0 bridgehead atoms. The summed E-state index contributed by atoms with van der Waals surface area (Å²) >= 11 is 1.91. The summed E-state index contributed by atoms with van der Waals surface area (Å²) in [5.41, 5.74) is 13.7. The van der Waals surface area contributed by atoms with Crippen molar-refractivity contribution in [1.82, 2.24) is 4.57 Å². The zero-order valence-corrected chi connectivity index (χ0v) is 36.7. The highest BCUT2D eigenvalue weighted by atomic mass is 32.1. The van der Waals surface area contributed by atoms with Crippen molar-refractivity contribution in [2.75, 3.05) is 0 Å². The van der Waals surface area contributed by atoms with E-state index in [0.717, 1.165) is 5.69 Å². The van der Waals surface area contributed by atoms with Crippen LogP contribution in [0.2, 0.25) is 0 Å². The van der Waals surface area contributed by atoms with Gasteiger partial charge in [-0.15, -0.1) is 11.3 Å². The Hall–Kier alpha value is -8.30. The average molecular weight is 854 g/mol. The molecule has 0 radical (unpaired) electrons. The maximum absolute atomic E-state index is 2.47. The molecular formula is C64H39NS. The number of hydrogen-bond acceptors (Lipinski definition) is 1. The molecular weight excluding hydrogens is 815 g/mol. The van der Waals surface area contributed by atoms with Crippen molar-refractivity contribution in [3.8, 4) is 50.2 Å². The van der Waals surface area contributed by atoms with Gasteiger partial charge in [-0.1, -0.05) is 206 Å². The van der Waals surface area contributed by atoms with Crippen LogP contribution in [-0.2, 0) is 0 Å². The molecule has 14 rings (SSSR count). The van der Waals surface area contributed by atoms with Gasteiger partial charge in [-0.2, -0.15) is 0 Å². The minimum Gasteiger partial charge on any atom is -0.309 e. The molecule has 0 unspecified atom stereocenters. The van der Waals surface area contributed by atoms with E-state index in [9.17, 15) is 0 Å². The Morgan fingerprint density at radius 3 is 1.30 bits per heavy atom. The third kappa shape index (κ3) is 5.40. The number of aromatic nitrogens is 1. The van der Waals surface area contributed by atoms with Crippen molar-refractivity contribution in [2.45, 2.75) is 0 Å². The van der Waals surface area contributed by atoms with Crippen molar-refractivity contribution >= 4 is 96.4 Å². The van der Waals surface area contributed by atoms with Crippen LogP contribution in [0.5, 0.6) is 0 Å². The first-order chi connectivity index (χ1) is 32.8. The molecule has 0 aliphatic heterocycles. The van der Waals surface area contributed by atoms with Gasteiger partial charge < -0.3 is 4.57 Å². The molecule has 14 aromatic rings. The van der Waals surface area contributed by atoms with E-state index in [4.69, 9.17) is 0 Å². The van der Waals surface area contributed by atoms with Gasteiger partial charge in [-0.25, -0.2) is 0 Å². The van der Waals surface area contributed by atoms with Gasteiger partial charge in [-0.3, -0.25) is 0 Å². The number of rotatable bonds is 5. The number of fused-ring (bicyclic) bond motifs is 10. The van der Waals surface area contributed by atoms with Crippen molar-refractivity contribution < 1.29 is 0 Å². The molecule has 2 aromatic heterocycles. The molecule has 0 atom stereocenters. The summed E-state index contributed by atoms with van der Waals surface area (Å²) < 4.78 is 5.07. The van der Waals surface area contributed by atoms with E-state index in [1.165, 1.54) is 130 Å². The number of benzene rings is 12. The monoisotopic (exact) mass is 853 g/mol. The second-order valence-corrected chi connectivity index (χ2v) is 18.5. The van der Waals surface area contributed by atoms with E-state index in [1.54, 1.807) is 0 Å². The van der Waals surface area contributed by atoms with Crippen LogP contribution in [0.1, 0.15) is 0 Å². The van der Waals surface area contributed by atoms with Crippen molar-refractivity contribution in [3.63, 3.8) is 0 Å². The van der Waals surface area contributed by atoms with Crippen LogP contribution in [0.15, 0.2) is 237 Å². The number of hydrogen-bond donors (Lipinski definition) is 0. The topological polar surface area (TPSA) is 4.93 Å². The van der Waals surface area contributed by atoms with Crippen LogP contribution in [0, 0.1) is 0 Å². The lowest BCUT2D eigenvalue weighted by molar-refractivity contribution is 1.18. The highest BCUT2D eigenvalue weighted by Gasteiger charge is 2.23. The molecule has 2 heterocycles. The minimum atomic E-state index is 1.16. The third-order valence-electron chi connectivity index (χ3n) is 14.0. The van der Waals surface area contributed by atoms with Gasteiger partial charge >= 0.3 is 0 Å². The SMILES string of the molecule is c1ccc(-c2c3ccccc3c(-c3cccc4c3sc3ccc(-c5c6ccccc6c(-c6cccc7c8ccccc8n(-c8ccccc8)c67)c6ccccc56)cc34)c3ccccc23)cc1. The summed E-state index contributed by atoms with van der Waals surface area (Å²) in [6, 6.07) is 87.6. The normalized spacial score (nSPS) is 11.9. The first-order valence-electron chi connectivity index (χ1n) is 22.8. The van der Waals surface area contributed by atoms with E-state index in [-0.39, 0.29) is 0 Å². The lowest BCUT2D eigenvalue weighted by Gasteiger charge is -2.19. The van der Waals surface area contributed by atoms with Crippen LogP contribution >= 0.6 is 11.3 Å². The maximum Gasteiger partial charge on any atom is 0.0619 e. The Labute approximate surface area is 385 Å². The fourth-order valence-electron chi connectivity index (χ4n) is 11.3. The molecule has 0 saturated heterocycles. The molecule has 0 fully saturated rings. The average Bonchev–Trinajstić information content (AvgIpc) is 3.94. The molecule has 0 aliphatic rings. The molecule has 0 saturated carbocycles. The molecule has 0 aliphatic carbocycles. The molecule has 0 N–H and O–H groups in total. The number of para-hydroxylation sites is 3. The summed E-state index contributed by atoms with van der Waals surface area (Å²) in [7, 11) is 0. The predicted molar refractivity (Wildman–Crippen MR) is 285 cm³/mol. The minimum absolute atomic E-state index is 1.16. The van der Waals surface area contributed by atoms with Crippen LogP contribution in [0.25, 0.3) is 135 Å². The van der Waals surface area contributed by atoms with E-state index in [0.29, 0.717) is 0 Å². The van der Waals surface area contributed by atoms with Gasteiger partial charge in [-0.05, 0) is 107 Å². The highest BCUT2D eigenvalue weighted by Crippen LogP contribution is 2.51. The molecule has 2 heteroatoms. The zero-order valence-electron chi connectivity index (χ0n) is 35.9. The molecule has 306 valence electrons. The van der Waals surface area contributed by atoms with Gasteiger partial charge in [0.25, 0.3) is 0 Å². The van der Waals surface area contributed by atoms with E-state index < -0.39 is 0 Å². The molecule has 12 aromatic carbocycles. The lowest BCUT2D eigenvalue weighted by Crippen LogP contribution is -1.96. The summed E-state index contributed by atoms with van der Waals surface area (Å²) in [4.78, 5) is 0. The number of thiophene rings is 1. The summed E-state index contributed by atoms with van der Waals surface area (Å²) in [5.74, 6) is 0. The van der Waals surface area contributed by atoms with Gasteiger partial charge in [0, 0.05) is 47.8 Å². The fourth-order valence-corrected chi connectivity index (χ4v) is 12.5. The van der Waals surface area contributed by atoms with E-state index in [2.05, 4.69) is 241 Å². The van der Waals surface area contributed by atoms with Crippen LogP contribution < -0.4 is 0 Å². The van der Waals surface area contributed by atoms with Gasteiger partial charge in [0.15, 0.2) is 0 Å². The second kappa shape index (κ2) is 14.6. The molecule has 66 heavy (non-hydrogen) atoms. The third-order valence-corrected chi connectivity index (χ3v) is 15.2. The first kappa shape index (κ1) is 37.1. The van der Waals surface area contributed by atoms with Crippen molar-refractivity contribution in [3.05, 3.63) is 237 Å². The molecule has 0 amide bonds. The van der Waals surface area contributed by atoms with Gasteiger partial charge in [0.2, 0.25) is 0 Å². The Balaban J connectivity index is 1.01. The lowest BCUT2D eigenvalue weighted by atomic mass is 9.85. The van der Waals surface area contributed by atoms with Gasteiger partial charge in [0.1, 0.15) is 0 Å². The Morgan fingerprint density at radius 1 is 0.273 bits per heavy atom. The standard InChI is InChI=1S/C64H39NS/c1-3-19-40(20-4-1)59-44-24-7-13-30-50(44)62(51-31-14-8-25-45(51)59)55-35-18-33-53-56-39-41(37-38-58(56)66-64(53)55)60-46-26-9-11-28-48(46)61(49-29-12-10-27-47(49)60)54-34-17-32-52-43-23-15-16-36-57(43)65(63(52)54)42-21-5-2-6-22-42/h1-39H. The number of nitrogens with zero attached hydrogens (tertiary/aromatic N) is 1. The summed E-state index contributed by atoms with van der Waals surface area (Å²) in [6.07, 6.45) is 0. The van der Waals surface area contributed by atoms with Crippen molar-refractivity contribution in [2.24, 2.45) is 0 Å². The van der Waals surface area contributed by atoms with Crippen LogP contribution in [0.3, 0.4) is 0 Å². The first-order valence-corrected chi connectivity index (χ1v) is 23.6. The predicted octanol–water partition coefficient (Wildman–Crippen LogP) is 18.4. The summed E-state index contributed by atoms with van der Waals surface area (Å²) in [6.45, 7) is 0. The van der Waals surface area contributed by atoms with Gasteiger partial charge in [0.05, 0.1) is 11.0 Å². The fraction of sp³-hybridized carbons (Fsp3) is 0. The maximum atomic E-state index is 2.47. The molecule has 1 nitrogen and oxygen atoms in total. The Morgan fingerprint density at radius 2 is 0.712 bits per heavy atom. The van der Waals surface area contributed by atoms with E-state index >= 15 is 0 Å². The zero-order chi connectivity index (χ0) is 43.3. The quantitative estimate of drug-likeness (QED) is 0.152. The Kier molecular flexibility index (Phi) is 8.22. The van der Waals surface area contributed by atoms with Crippen molar-refractivity contribution in [1.29, 1.82) is 0 Å². The Bertz CT molecular complexity index is 4160. The summed E-state index contributed by atoms with van der Waals surface area (Å²) in [5, 5.41) is 15.2. The molecule has 0 spiro atoms.